The van der Waals surface area contributed by atoms with Crippen LogP contribution in [0.1, 0.15) is 11.1 Å². The van der Waals surface area contributed by atoms with Crippen molar-refractivity contribution in [1.29, 1.82) is 0 Å². The van der Waals surface area contributed by atoms with Crippen molar-refractivity contribution >= 4 is 11.6 Å². The van der Waals surface area contributed by atoms with Gasteiger partial charge < -0.3 is 9.84 Å². The van der Waals surface area contributed by atoms with Crippen LogP contribution in [0.15, 0.2) is 48.5 Å². The number of benzene rings is 2. The number of rotatable bonds is 3. The molecule has 0 amide bonds. The fraction of sp³-hybridized carbons (Fsp3) is 0.125. The predicted octanol–water partition coefficient (Wildman–Crippen LogP) is 3.26. The summed E-state index contributed by atoms with van der Waals surface area (Å²) in [5, 5.41) is 9.35. The Morgan fingerprint density at radius 1 is 1.11 bits per heavy atom. The van der Waals surface area contributed by atoms with Crippen molar-refractivity contribution < 1.29 is 9.84 Å². The summed E-state index contributed by atoms with van der Waals surface area (Å²) in [5.41, 5.74) is 1.89. The van der Waals surface area contributed by atoms with Crippen LogP contribution >= 0.6 is 11.6 Å². The third-order valence-corrected chi connectivity index (χ3v) is 2.71. The van der Waals surface area contributed by atoms with Gasteiger partial charge in [-0.1, -0.05) is 35.6 Å². The van der Waals surface area contributed by atoms with E-state index in [0.29, 0.717) is 11.6 Å². The molecule has 0 saturated heterocycles. The first-order valence-corrected chi connectivity index (χ1v) is 6.23. The van der Waals surface area contributed by atoms with E-state index in [9.17, 15) is 0 Å². The monoisotopic (exact) mass is 272 g/mol. The molecule has 0 aromatic heterocycles. The smallest absolute Gasteiger partial charge is 0.119 e. The van der Waals surface area contributed by atoms with Crippen LogP contribution in [0, 0.1) is 11.8 Å². The molecule has 0 heterocycles. The van der Waals surface area contributed by atoms with Gasteiger partial charge in [0.15, 0.2) is 0 Å². The molecular formula is C16H13ClO2. The van der Waals surface area contributed by atoms with Crippen LogP contribution in [-0.4, -0.2) is 11.7 Å². The summed E-state index contributed by atoms with van der Waals surface area (Å²) in [7, 11) is 0. The summed E-state index contributed by atoms with van der Waals surface area (Å²) in [6.45, 7) is 0.335. The summed E-state index contributed by atoms with van der Waals surface area (Å²) in [6, 6.07) is 15.0. The van der Waals surface area contributed by atoms with E-state index >= 15 is 0 Å². The van der Waals surface area contributed by atoms with Crippen LogP contribution in [0.2, 0.25) is 5.02 Å². The number of aliphatic hydroxyl groups excluding tert-OH is 1. The van der Waals surface area contributed by atoms with Crippen molar-refractivity contribution in [3.8, 4) is 17.6 Å². The molecule has 0 fully saturated rings. The molecule has 19 heavy (non-hydrogen) atoms. The van der Waals surface area contributed by atoms with Gasteiger partial charge in [0.2, 0.25) is 0 Å². The second-order valence-corrected chi connectivity index (χ2v) is 4.34. The fourth-order valence-electron chi connectivity index (χ4n) is 1.58. The van der Waals surface area contributed by atoms with E-state index in [4.69, 9.17) is 21.4 Å². The van der Waals surface area contributed by atoms with Crippen LogP contribution in [0.25, 0.3) is 0 Å². The number of ether oxygens (including phenoxy) is 1. The maximum atomic E-state index is 8.66. The second-order valence-electron chi connectivity index (χ2n) is 3.90. The van der Waals surface area contributed by atoms with Gasteiger partial charge in [-0.25, -0.2) is 0 Å². The van der Waals surface area contributed by atoms with Gasteiger partial charge in [0.05, 0.1) is 0 Å². The van der Waals surface area contributed by atoms with Crippen LogP contribution in [0.3, 0.4) is 0 Å². The summed E-state index contributed by atoms with van der Waals surface area (Å²) < 4.78 is 5.65. The van der Waals surface area contributed by atoms with E-state index in [0.717, 1.165) is 16.9 Å². The van der Waals surface area contributed by atoms with Crippen LogP contribution < -0.4 is 4.74 Å². The van der Waals surface area contributed by atoms with Crippen LogP contribution in [0.5, 0.6) is 5.75 Å². The molecule has 0 unspecified atom stereocenters. The molecule has 1 N–H and O–H groups in total. The van der Waals surface area contributed by atoms with Gasteiger partial charge in [-0.3, -0.25) is 0 Å². The third kappa shape index (κ3) is 4.33. The maximum absolute atomic E-state index is 8.66. The Bertz CT molecular complexity index is 594. The van der Waals surface area contributed by atoms with E-state index in [-0.39, 0.29) is 6.61 Å². The van der Waals surface area contributed by atoms with Crippen molar-refractivity contribution in [1.82, 2.24) is 0 Å². The Balaban J connectivity index is 2.01. The summed E-state index contributed by atoms with van der Waals surface area (Å²) in [4.78, 5) is 0. The summed E-state index contributed by atoms with van der Waals surface area (Å²) in [6.07, 6.45) is 0. The lowest BCUT2D eigenvalue weighted by Crippen LogP contribution is -1.95. The Morgan fingerprint density at radius 3 is 2.63 bits per heavy atom. The van der Waals surface area contributed by atoms with Gasteiger partial charge in [-0.05, 0) is 42.0 Å². The van der Waals surface area contributed by atoms with Crippen molar-refractivity contribution in [2.45, 2.75) is 6.61 Å². The van der Waals surface area contributed by atoms with Gasteiger partial charge in [0.1, 0.15) is 19.0 Å². The number of aliphatic hydroxyl groups is 1. The first-order chi connectivity index (χ1) is 9.28. The molecule has 0 bridgehead atoms. The highest BCUT2D eigenvalue weighted by atomic mass is 35.5. The molecule has 3 heteroatoms. The molecule has 0 aliphatic rings. The lowest BCUT2D eigenvalue weighted by Gasteiger charge is -2.06. The van der Waals surface area contributed by atoms with Crippen LogP contribution in [0.4, 0.5) is 0 Å². The normalized spacial score (nSPS) is 9.58. The minimum atomic E-state index is -0.133. The van der Waals surface area contributed by atoms with Crippen molar-refractivity contribution in [2.24, 2.45) is 0 Å². The summed E-state index contributed by atoms with van der Waals surface area (Å²) >= 11 is 5.81. The first-order valence-electron chi connectivity index (χ1n) is 5.85. The molecule has 2 rings (SSSR count). The predicted molar refractivity (Wildman–Crippen MR) is 76.2 cm³/mol. The van der Waals surface area contributed by atoms with E-state index in [1.54, 1.807) is 12.1 Å². The fourth-order valence-corrected chi connectivity index (χ4v) is 1.70. The topological polar surface area (TPSA) is 29.5 Å². The average Bonchev–Trinajstić information content (AvgIpc) is 2.45. The Hall–Kier alpha value is -1.95. The minimum Gasteiger partial charge on any atom is -0.489 e. The number of hydrogen-bond donors (Lipinski definition) is 1. The molecular weight excluding hydrogens is 260 g/mol. The molecule has 0 spiro atoms. The van der Waals surface area contributed by atoms with E-state index in [1.165, 1.54) is 0 Å². The van der Waals surface area contributed by atoms with E-state index in [2.05, 4.69) is 11.8 Å². The Kier molecular flexibility index (Phi) is 4.85. The lowest BCUT2D eigenvalue weighted by molar-refractivity contribution is 0.306. The van der Waals surface area contributed by atoms with Crippen molar-refractivity contribution in [2.75, 3.05) is 6.61 Å². The van der Waals surface area contributed by atoms with Gasteiger partial charge >= 0.3 is 0 Å². The minimum absolute atomic E-state index is 0.133. The van der Waals surface area contributed by atoms with Crippen molar-refractivity contribution in [3.05, 3.63) is 64.7 Å². The lowest BCUT2D eigenvalue weighted by atomic mass is 10.1. The van der Waals surface area contributed by atoms with E-state index < -0.39 is 0 Å². The molecule has 0 aliphatic heterocycles. The Labute approximate surface area is 117 Å². The molecule has 0 atom stereocenters. The second kappa shape index (κ2) is 6.84. The quantitative estimate of drug-likeness (QED) is 0.869. The zero-order valence-corrected chi connectivity index (χ0v) is 11.0. The number of halogens is 1. The van der Waals surface area contributed by atoms with E-state index in [1.807, 2.05) is 36.4 Å². The van der Waals surface area contributed by atoms with Gasteiger partial charge in [-0.15, -0.1) is 0 Å². The third-order valence-electron chi connectivity index (χ3n) is 2.46. The van der Waals surface area contributed by atoms with Gasteiger partial charge in [-0.2, -0.15) is 0 Å². The maximum Gasteiger partial charge on any atom is 0.119 e. The SMILES string of the molecule is OCC#Cc1cccc(COc2ccc(Cl)cc2)c1. The molecule has 0 radical (unpaired) electrons. The molecule has 0 aliphatic carbocycles. The highest BCUT2D eigenvalue weighted by Crippen LogP contribution is 2.17. The zero-order valence-electron chi connectivity index (χ0n) is 10.3. The summed E-state index contributed by atoms with van der Waals surface area (Å²) in [5.74, 6) is 6.26. The van der Waals surface area contributed by atoms with Crippen LogP contribution in [-0.2, 0) is 6.61 Å². The van der Waals surface area contributed by atoms with Gasteiger partial charge in [0.25, 0.3) is 0 Å². The highest BCUT2D eigenvalue weighted by Gasteiger charge is 1.97. The van der Waals surface area contributed by atoms with Gasteiger partial charge in [0, 0.05) is 10.6 Å². The molecule has 2 aromatic carbocycles. The largest absolute Gasteiger partial charge is 0.489 e. The Morgan fingerprint density at radius 2 is 1.89 bits per heavy atom. The standard InChI is InChI=1S/C16H13ClO2/c17-15-6-8-16(9-7-15)19-12-14-4-1-3-13(11-14)5-2-10-18/h1,3-4,6-9,11,18H,10,12H2. The molecule has 0 saturated carbocycles. The number of hydrogen-bond acceptors (Lipinski definition) is 2. The highest BCUT2D eigenvalue weighted by molar-refractivity contribution is 6.30. The first kappa shape index (κ1) is 13.5. The average molecular weight is 273 g/mol. The molecule has 2 aromatic rings. The zero-order chi connectivity index (χ0) is 13.5. The van der Waals surface area contributed by atoms with Crippen molar-refractivity contribution in [3.63, 3.8) is 0 Å². The molecule has 2 nitrogen and oxygen atoms in total. The molecule has 96 valence electrons.